The number of hydrogen-bond acceptors (Lipinski definition) is 6. The molecule has 1 saturated carbocycles. The molecule has 11 heteroatoms. The van der Waals surface area contributed by atoms with E-state index in [2.05, 4.69) is 5.32 Å². The fourth-order valence-corrected chi connectivity index (χ4v) is 3.35. The van der Waals surface area contributed by atoms with E-state index in [-0.39, 0.29) is 23.8 Å². The van der Waals surface area contributed by atoms with Gasteiger partial charge in [-0.25, -0.2) is 0 Å². The van der Waals surface area contributed by atoms with Gasteiger partial charge in [0.05, 0.1) is 12.0 Å². The molecule has 1 aromatic rings. The number of Topliss-reactive ketones (excluding diaryl/α,β-unsaturated/α-hetero) is 1. The smallest absolute Gasteiger partial charge is 0.416 e. The van der Waals surface area contributed by atoms with Crippen LogP contribution in [0.3, 0.4) is 0 Å². The van der Waals surface area contributed by atoms with Crippen LogP contribution in [0.5, 0.6) is 0 Å². The molecule has 2 rings (SSSR count). The minimum Gasteiger partial charge on any atom is -0.456 e. The predicted octanol–water partition coefficient (Wildman–Crippen LogP) is 2.70. The van der Waals surface area contributed by atoms with Crippen molar-refractivity contribution in [2.24, 2.45) is 17.8 Å². The van der Waals surface area contributed by atoms with Crippen molar-refractivity contribution < 1.29 is 37.2 Å². The zero-order valence-electron chi connectivity index (χ0n) is 15.4. The molecule has 1 aliphatic rings. The Morgan fingerprint density at radius 2 is 2.03 bits per heavy atom. The van der Waals surface area contributed by atoms with Crippen molar-refractivity contribution in [1.82, 2.24) is 0 Å². The summed E-state index contributed by atoms with van der Waals surface area (Å²) in [6.07, 6.45) is -4.83. The Bertz CT molecular complexity index is 811. The first kappa shape index (κ1) is 22.3. The Balaban J connectivity index is 1.88. The molecule has 0 saturated heterocycles. The molecule has 1 aliphatic carbocycles. The summed E-state index contributed by atoms with van der Waals surface area (Å²) in [5, 5.41) is 12.9. The molecule has 0 aromatic heterocycles. The number of nitrogens with one attached hydrogen (secondary N) is 1. The summed E-state index contributed by atoms with van der Waals surface area (Å²) >= 11 is 0. The number of anilines is 1. The van der Waals surface area contributed by atoms with E-state index in [1.165, 1.54) is 6.07 Å². The van der Waals surface area contributed by atoms with E-state index in [1.807, 2.05) is 0 Å². The van der Waals surface area contributed by atoms with Crippen LogP contribution in [0.25, 0.3) is 0 Å². The minimum absolute atomic E-state index is 0.119. The first-order chi connectivity index (χ1) is 13.5. The Morgan fingerprint density at radius 1 is 1.34 bits per heavy atom. The number of carbonyl (C=O) groups is 3. The molecule has 1 fully saturated rings. The van der Waals surface area contributed by atoms with E-state index in [9.17, 15) is 37.7 Å². The zero-order chi connectivity index (χ0) is 21.8. The lowest BCUT2D eigenvalue weighted by Crippen LogP contribution is -2.28. The van der Waals surface area contributed by atoms with Gasteiger partial charge in [-0.15, -0.1) is 0 Å². The highest BCUT2D eigenvalue weighted by Crippen LogP contribution is 2.36. The Morgan fingerprint density at radius 3 is 2.66 bits per heavy atom. The molecule has 0 unspecified atom stereocenters. The average Bonchev–Trinajstić information content (AvgIpc) is 2.86. The maximum absolute atomic E-state index is 12.7. The molecule has 1 aromatic carbocycles. The van der Waals surface area contributed by atoms with Crippen LogP contribution in [0.4, 0.5) is 18.9 Å². The van der Waals surface area contributed by atoms with E-state index < -0.39 is 59.9 Å². The second kappa shape index (κ2) is 9.01. The van der Waals surface area contributed by atoms with E-state index >= 15 is 0 Å². The molecule has 0 radical (unpaired) electrons. The second-order valence-electron chi connectivity index (χ2n) is 6.92. The van der Waals surface area contributed by atoms with Gasteiger partial charge in [0.1, 0.15) is 5.78 Å². The highest BCUT2D eigenvalue weighted by molar-refractivity contribution is 5.93. The van der Waals surface area contributed by atoms with Gasteiger partial charge in [-0.3, -0.25) is 24.5 Å². The minimum atomic E-state index is -4.57. The van der Waals surface area contributed by atoms with Gasteiger partial charge in [-0.05, 0) is 24.1 Å². The summed E-state index contributed by atoms with van der Waals surface area (Å²) in [6.45, 7) is 0.492. The quantitative estimate of drug-likeness (QED) is 0.415. The predicted molar refractivity (Wildman–Crippen MR) is 93.3 cm³/mol. The van der Waals surface area contributed by atoms with Crippen molar-refractivity contribution in [2.75, 3.05) is 18.5 Å². The summed E-state index contributed by atoms with van der Waals surface area (Å²) in [7, 11) is 0. The van der Waals surface area contributed by atoms with Gasteiger partial charge in [0.15, 0.2) is 6.61 Å². The highest BCUT2D eigenvalue weighted by Gasteiger charge is 2.44. The number of ketones is 1. The number of benzene rings is 1. The maximum Gasteiger partial charge on any atom is 0.416 e. The molecule has 0 heterocycles. The van der Waals surface area contributed by atoms with Gasteiger partial charge in [0, 0.05) is 28.9 Å². The largest absolute Gasteiger partial charge is 0.456 e. The van der Waals surface area contributed by atoms with Gasteiger partial charge in [-0.2, -0.15) is 13.2 Å². The highest BCUT2D eigenvalue weighted by atomic mass is 19.4. The molecule has 3 atom stereocenters. The molecule has 8 nitrogen and oxygen atoms in total. The average molecular weight is 416 g/mol. The lowest BCUT2D eigenvalue weighted by molar-refractivity contribution is -0.490. The van der Waals surface area contributed by atoms with Crippen LogP contribution in [-0.2, 0) is 25.3 Å². The molecular formula is C18H19F3N2O6. The normalized spacial score (nSPS) is 21.7. The van der Waals surface area contributed by atoms with Crippen molar-refractivity contribution in [3.05, 3.63) is 39.9 Å². The van der Waals surface area contributed by atoms with Gasteiger partial charge in [-0.1, -0.05) is 13.0 Å². The first-order valence-corrected chi connectivity index (χ1v) is 8.74. The van der Waals surface area contributed by atoms with E-state index in [0.29, 0.717) is 0 Å². The van der Waals surface area contributed by atoms with Crippen LogP contribution in [0, 0.1) is 27.9 Å². The number of rotatable bonds is 7. The summed E-state index contributed by atoms with van der Waals surface area (Å²) in [6, 6.07) is 3.94. The van der Waals surface area contributed by atoms with Crippen LogP contribution in [0.1, 0.15) is 25.3 Å². The Labute approximate surface area is 163 Å². The second-order valence-corrected chi connectivity index (χ2v) is 6.92. The molecule has 1 amide bonds. The molecule has 0 aliphatic heterocycles. The standard InChI is InChI=1S/C18H19F3N2O6/c1-10-5-15(24)13(14(10)8-23(27)28)7-17(26)29-9-16(25)22-12-4-2-3-11(6-12)18(19,20)21/h2-4,6,10,13-14H,5,7-9H2,1H3,(H,22,25)/t10-,13-,14+/m0/s1. The van der Waals surface area contributed by atoms with E-state index in [4.69, 9.17) is 4.74 Å². The number of nitro groups is 1. The third kappa shape index (κ3) is 6.26. The Kier molecular flexibility index (Phi) is 6.93. The third-order valence-corrected chi connectivity index (χ3v) is 4.77. The van der Waals surface area contributed by atoms with E-state index in [1.54, 1.807) is 6.92 Å². The number of hydrogen-bond donors (Lipinski definition) is 1. The zero-order valence-corrected chi connectivity index (χ0v) is 15.4. The lowest BCUT2D eigenvalue weighted by Gasteiger charge is -2.17. The van der Waals surface area contributed by atoms with E-state index in [0.717, 1.165) is 18.2 Å². The third-order valence-electron chi connectivity index (χ3n) is 4.77. The number of ether oxygens (including phenoxy) is 1. The van der Waals surface area contributed by atoms with Crippen LogP contribution >= 0.6 is 0 Å². The summed E-state index contributed by atoms with van der Waals surface area (Å²) in [4.78, 5) is 46.0. The number of carbonyl (C=O) groups excluding carboxylic acids is 3. The molecule has 0 bridgehead atoms. The van der Waals surface area contributed by atoms with Crippen LogP contribution in [0.15, 0.2) is 24.3 Å². The number of nitrogens with zero attached hydrogens (tertiary/aromatic N) is 1. The maximum atomic E-state index is 12.7. The van der Waals surface area contributed by atoms with Crippen molar-refractivity contribution in [3.63, 3.8) is 0 Å². The van der Waals surface area contributed by atoms with Gasteiger partial charge >= 0.3 is 12.1 Å². The topological polar surface area (TPSA) is 116 Å². The Hall–Kier alpha value is -2.98. The summed E-state index contributed by atoms with van der Waals surface area (Å²) in [5.41, 5.74) is -1.07. The molecule has 29 heavy (non-hydrogen) atoms. The van der Waals surface area contributed by atoms with Gasteiger partial charge in [0.2, 0.25) is 6.54 Å². The van der Waals surface area contributed by atoms with Crippen molar-refractivity contribution in [3.8, 4) is 0 Å². The SMILES string of the molecule is C[C@H]1CC(=O)[C@@H](CC(=O)OCC(=O)Nc2cccc(C(F)(F)F)c2)[C@@H]1C[N+](=O)[O-]. The number of halogens is 3. The van der Waals surface area contributed by atoms with Gasteiger partial charge in [0.25, 0.3) is 5.91 Å². The van der Waals surface area contributed by atoms with Crippen molar-refractivity contribution >= 4 is 23.3 Å². The van der Waals surface area contributed by atoms with Crippen molar-refractivity contribution in [2.45, 2.75) is 25.9 Å². The monoisotopic (exact) mass is 416 g/mol. The van der Waals surface area contributed by atoms with Crippen LogP contribution < -0.4 is 5.32 Å². The van der Waals surface area contributed by atoms with Crippen molar-refractivity contribution in [1.29, 1.82) is 0 Å². The van der Waals surface area contributed by atoms with Crippen LogP contribution in [-0.4, -0.2) is 35.7 Å². The molecule has 1 N–H and O–H groups in total. The molecular weight excluding hydrogens is 397 g/mol. The fourth-order valence-electron chi connectivity index (χ4n) is 3.35. The van der Waals surface area contributed by atoms with Gasteiger partial charge < -0.3 is 10.1 Å². The first-order valence-electron chi connectivity index (χ1n) is 8.74. The fraction of sp³-hybridized carbons (Fsp3) is 0.500. The summed E-state index contributed by atoms with van der Waals surface area (Å²) in [5.74, 6) is -3.70. The van der Waals surface area contributed by atoms with Crippen LogP contribution in [0.2, 0.25) is 0 Å². The number of amides is 1. The number of esters is 1. The molecule has 158 valence electrons. The lowest BCUT2D eigenvalue weighted by atomic mass is 9.88. The molecule has 0 spiro atoms. The summed E-state index contributed by atoms with van der Waals surface area (Å²) < 4.78 is 42.8. The number of alkyl halides is 3.